The van der Waals surface area contributed by atoms with E-state index in [9.17, 15) is 22.7 Å². The number of benzene rings is 1. The molecule has 0 heterocycles. The van der Waals surface area contributed by atoms with Crippen LogP contribution < -0.4 is 0 Å². The minimum absolute atomic E-state index is 0.110. The van der Waals surface area contributed by atoms with Gasteiger partial charge in [0.2, 0.25) is 0 Å². The van der Waals surface area contributed by atoms with Crippen LogP contribution in [0.2, 0.25) is 0 Å². The minimum Gasteiger partial charge on any atom is -0.388 e. The average Bonchev–Trinajstić information content (AvgIpc) is 2.38. The molecular weight excluding hydrogens is 272 g/mol. The quantitative estimate of drug-likeness (QED) is 0.724. The molecule has 0 aliphatic heterocycles. The lowest BCUT2D eigenvalue weighted by Gasteiger charge is -2.22. The lowest BCUT2D eigenvalue weighted by Crippen LogP contribution is -2.15. The smallest absolute Gasteiger partial charge is 0.388 e. The van der Waals surface area contributed by atoms with Crippen LogP contribution in [0.3, 0.4) is 0 Å². The molecule has 114 valence electrons. The fourth-order valence-corrected chi connectivity index (χ4v) is 2.27. The average molecular weight is 292 g/mol. The first kappa shape index (κ1) is 17.0. The van der Waals surface area contributed by atoms with E-state index in [0.29, 0.717) is 12.5 Å². The summed E-state index contributed by atoms with van der Waals surface area (Å²) in [4.78, 5) is 0. The molecule has 0 spiro atoms. The highest BCUT2D eigenvalue weighted by Crippen LogP contribution is 2.35. The van der Waals surface area contributed by atoms with Gasteiger partial charge in [-0.2, -0.15) is 13.2 Å². The van der Waals surface area contributed by atoms with E-state index in [1.54, 1.807) is 0 Å². The van der Waals surface area contributed by atoms with Gasteiger partial charge in [0.25, 0.3) is 0 Å². The van der Waals surface area contributed by atoms with Crippen LogP contribution in [-0.2, 0) is 6.18 Å². The van der Waals surface area contributed by atoms with Crippen molar-refractivity contribution in [1.82, 2.24) is 0 Å². The van der Waals surface area contributed by atoms with E-state index in [2.05, 4.69) is 0 Å². The Morgan fingerprint density at radius 1 is 1.20 bits per heavy atom. The first-order valence-corrected chi connectivity index (χ1v) is 6.85. The Balaban J connectivity index is 3.01. The lowest BCUT2D eigenvalue weighted by molar-refractivity contribution is -0.140. The molecule has 5 heteroatoms. The normalized spacial score (nSPS) is 15.2. The van der Waals surface area contributed by atoms with Gasteiger partial charge in [-0.3, -0.25) is 0 Å². The van der Waals surface area contributed by atoms with Gasteiger partial charge in [0.15, 0.2) is 0 Å². The Bertz CT molecular complexity index is 428. The van der Waals surface area contributed by atoms with Crippen LogP contribution in [-0.4, -0.2) is 5.11 Å². The number of alkyl halides is 3. The van der Waals surface area contributed by atoms with Crippen molar-refractivity contribution >= 4 is 0 Å². The number of rotatable bonds is 6. The summed E-state index contributed by atoms with van der Waals surface area (Å²) < 4.78 is 51.2. The van der Waals surface area contributed by atoms with Crippen molar-refractivity contribution in [3.8, 4) is 0 Å². The molecular formula is C15H20F4O. The SMILES string of the molecule is CCCCC(CC)C(O)c1ccc(F)c(C(F)(F)F)c1. The van der Waals surface area contributed by atoms with Crippen molar-refractivity contribution in [3.05, 3.63) is 35.1 Å². The maximum Gasteiger partial charge on any atom is 0.419 e. The van der Waals surface area contributed by atoms with Gasteiger partial charge in [0, 0.05) is 0 Å². The van der Waals surface area contributed by atoms with Crippen LogP contribution in [0.4, 0.5) is 17.6 Å². The third-order valence-electron chi connectivity index (χ3n) is 3.54. The zero-order valence-corrected chi connectivity index (χ0v) is 11.7. The monoisotopic (exact) mass is 292 g/mol. The molecule has 1 nitrogen and oxygen atoms in total. The molecule has 0 fully saturated rings. The zero-order valence-electron chi connectivity index (χ0n) is 11.7. The molecule has 1 aromatic carbocycles. The first-order valence-electron chi connectivity index (χ1n) is 6.85. The second-order valence-corrected chi connectivity index (χ2v) is 4.99. The Labute approximate surface area is 116 Å². The molecule has 0 radical (unpaired) electrons. The Kier molecular flexibility index (Phi) is 5.99. The third-order valence-corrected chi connectivity index (χ3v) is 3.54. The van der Waals surface area contributed by atoms with Crippen molar-refractivity contribution < 1.29 is 22.7 Å². The van der Waals surface area contributed by atoms with E-state index in [4.69, 9.17) is 0 Å². The van der Waals surface area contributed by atoms with Crippen molar-refractivity contribution in [1.29, 1.82) is 0 Å². The van der Waals surface area contributed by atoms with E-state index in [1.165, 1.54) is 6.07 Å². The van der Waals surface area contributed by atoms with E-state index in [-0.39, 0.29) is 11.5 Å². The fraction of sp³-hybridized carbons (Fsp3) is 0.600. The summed E-state index contributed by atoms with van der Waals surface area (Å²) in [5, 5.41) is 10.2. The van der Waals surface area contributed by atoms with Crippen LogP contribution in [0.1, 0.15) is 56.8 Å². The third kappa shape index (κ3) is 4.20. The summed E-state index contributed by atoms with van der Waals surface area (Å²) in [6, 6.07) is 2.71. The van der Waals surface area contributed by atoms with Gasteiger partial charge in [0.1, 0.15) is 5.82 Å². The number of halogens is 4. The molecule has 0 aliphatic rings. The molecule has 1 N–H and O–H groups in total. The summed E-state index contributed by atoms with van der Waals surface area (Å²) in [5.41, 5.74) is -1.19. The highest BCUT2D eigenvalue weighted by molar-refractivity contribution is 5.29. The molecule has 20 heavy (non-hydrogen) atoms. The van der Waals surface area contributed by atoms with Crippen molar-refractivity contribution in [2.75, 3.05) is 0 Å². The summed E-state index contributed by atoms with van der Waals surface area (Å²) in [6.07, 6.45) is -2.46. The molecule has 0 saturated carbocycles. The zero-order chi connectivity index (χ0) is 15.3. The largest absolute Gasteiger partial charge is 0.419 e. The van der Waals surface area contributed by atoms with E-state index >= 15 is 0 Å². The summed E-state index contributed by atoms with van der Waals surface area (Å²) >= 11 is 0. The Hall–Kier alpha value is -1.10. The number of hydrogen-bond donors (Lipinski definition) is 1. The summed E-state index contributed by atoms with van der Waals surface area (Å²) in [5.74, 6) is -1.42. The first-order chi connectivity index (χ1) is 9.31. The number of aliphatic hydroxyl groups excluding tert-OH is 1. The number of aliphatic hydroxyl groups is 1. The lowest BCUT2D eigenvalue weighted by atomic mass is 9.88. The van der Waals surface area contributed by atoms with Gasteiger partial charge in [-0.15, -0.1) is 0 Å². The van der Waals surface area contributed by atoms with Crippen LogP contribution in [0.15, 0.2) is 18.2 Å². The molecule has 0 saturated heterocycles. The van der Waals surface area contributed by atoms with Crippen LogP contribution >= 0.6 is 0 Å². The second kappa shape index (κ2) is 7.07. The van der Waals surface area contributed by atoms with Crippen molar-refractivity contribution in [2.24, 2.45) is 5.92 Å². The predicted octanol–water partition coefficient (Wildman–Crippen LogP) is 5.09. The van der Waals surface area contributed by atoms with Gasteiger partial charge < -0.3 is 5.11 Å². The van der Waals surface area contributed by atoms with Crippen LogP contribution in [0, 0.1) is 11.7 Å². The van der Waals surface area contributed by atoms with Crippen LogP contribution in [0.25, 0.3) is 0 Å². The number of unbranched alkanes of at least 4 members (excludes halogenated alkanes) is 1. The molecule has 1 rings (SSSR count). The molecule has 2 unspecified atom stereocenters. The Morgan fingerprint density at radius 2 is 1.85 bits per heavy atom. The fourth-order valence-electron chi connectivity index (χ4n) is 2.27. The summed E-state index contributed by atoms with van der Waals surface area (Å²) in [6.45, 7) is 3.90. The maximum atomic E-state index is 13.2. The van der Waals surface area contributed by atoms with E-state index in [1.807, 2.05) is 13.8 Å². The molecule has 2 atom stereocenters. The highest BCUT2D eigenvalue weighted by atomic mass is 19.4. The second-order valence-electron chi connectivity index (χ2n) is 4.99. The van der Waals surface area contributed by atoms with Gasteiger partial charge in [-0.05, 0) is 30.0 Å². The molecule has 0 aromatic heterocycles. The molecule has 0 amide bonds. The van der Waals surface area contributed by atoms with Gasteiger partial charge in [0.05, 0.1) is 11.7 Å². The topological polar surface area (TPSA) is 20.2 Å². The minimum atomic E-state index is -4.75. The molecule has 0 bridgehead atoms. The standard InChI is InChI=1S/C15H20F4O/c1-3-5-6-10(4-2)14(20)11-7-8-13(16)12(9-11)15(17,18)19/h7-10,14,20H,3-6H2,1-2H3. The van der Waals surface area contributed by atoms with E-state index in [0.717, 1.165) is 25.3 Å². The van der Waals surface area contributed by atoms with Crippen LogP contribution in [0.5, 0.6) is 0 Å². The predicted molar refractivity (Wildman–Crippen MR) is 69.7 cm³/mol. The van der Waals surface area contributed by atoms with Crippen molar-refractivity contribution in [2.45, 2.75) is 51.8 Å². The number of hydrogen-bond acceptors (Lipinski definition) is 1. The van der Waals surface area contributed by atoms with Gasteiger partial charge >= 0.3 is 6.18 Å². The van der Waals surface area contributed by atoms with E-state index < -0.39 is 23.7 Å². The van der Waals surface area contributed by atoms with Gasteiger partial charge in [-0.25, -0.2) is 4.39 Å². The van der Waals surface area contributed by atoms with Crippen molar-refractivity contribution in [3.63, 3.8) is 0 Å². The Morgan fingerprint density at radius 3 is 2.35 bits per heavy atom. The molecule has 0 aliphatic carbocycles. The highest BCUT2D eigenvalue weighted by Gasteiger charge is 2.35. The maximum absolute atomic E-state index is 13.2. The van der Waals surface area contributed by atoms with Gasteiger partial charge in [-0.1, -0.05) is 39.2 Å². The summed E-state index contributed by atoms with van der Waals surface area (Å²) in [7, 11) is 0. The molecule has 1 aromatic rings.